The van der Waals surface area contributed by atoms with Crippen LogP contribution in [0.4, 0.5) is 0 Å². The van der Waals surface area contributed by atoms with Gasteiger partial charge in [0, 0.05) is 29.7 Å². The van der Waals surface area contributed by atoms with E-state index in [2.05, 4.69) is 25.0 Å². The van der Waals surface area contributed by atoms with E-state index in [9.17, 15) is 0 Å². The van der Waals surface area contributed by atoms with Gasteiger partial charge in [0.05, 0.1) is 5.69 Å². The molecule has 0 fully saturated rings. The molecule has 0 saturated heterocycles. The molecule has 0 bridgehead atoms. The van der Waals surface area contributed by atoms with Crippen LogP contribution in [0, 0.1) is 6.92 Å². The first kappa shape index (κ1) is 14.1. The van der Waals surface area contributed by atoms with Crippen molar-refractivity contribution < 1.29 is 0 Å². The summed E-state index contributed by atoms with van der Waals surface area (Å²) in [5, 5.41) is 5.26. The molecule has 1 aromatic heterocycles. The SMILES string of the molecule is Cc1cc(Cl)cc(C(N)Cc2ccn(C(C)C)n2)c1. The summed E-state index contributed by atoms with van der Waals surface area (Å²) in [4.78, 5) is 0. The number of nitrogens with zero attached hydrogens (tertiary/aromatic N) is 2. The Labute approximate surface area is 119 Å². The zero-order valence-electron chi connectivity index (χ0n) is 11.6. The summed E-state index contributed by atoms with van der Waals surface area (Å²) in [6.07, 6.45) is 2.72. The molecule has 2 aromatic rings. The molecule has 1 aromatic carbocycles. The molecule has 3 nitrogen and oxygen atoms in total. The van der Waals surface area contributed by atoms with Crippen molar-refractivity contribution in [2.45, 2.75) is 39.3 Å². The number of benzene rings is 1. The quantitative estimate of drug-likeness (QED) is 0.927. The molecule has 0 radical (unpaired) electrons. The van der Waals surface area contributed by atoms with Gasteiger partial charge in [0.15, 0.2) is 0 Å². The van der Waals surface area contributed by atoms with Gasteiger partial charge in [-0.05, 0) is 50.1 Å². The van der Waals surface area contributed by atoms with E-state index < -0.39 is 0 Å². The average Bonchev–Trinajstić information content (AvgIpc) is 2.76. The minimum absolute atomic E-state index is 0.0760. The smallest absolute Gasteiger partial charge is 0.0643 e. The van der Waals surface area contributed by atoms with Crippen LogP contribution in [0.5, 0.6) is 0 Å². The number of rotatable bonds is 4. The van der Waals surface area contributed by atoms with Crippen LogP contribution < -0.4 is 5.73 Å². The highest BCUT2D eigenvalue weighted by molar-refractivity contribution is 6.30. The molecule has 0 aliphatic heterocycles. The molecule has 1 atom stereocenters. The molecule has 2 rings (SSSR count). The van der Waals surface area contributed by atoms with Gasteiger partial charge in [-0.1, -0.05) is 17.7 Å². The van der Waals surface area contributed by atoms with Crippen molar-refractivity contribution in [3.05, 3.63) is 52.3 Å². The number of hydrogen-bond acceptors (Lipinski definition) is 2. The normalized spacial score (nSPS) is 12.9. The zero-order chi connectivity index (χ0) is 14.0. The van der Waals surface area contributed by atoms with Gasteiger partial charge >= 0.3 is 0 Å². The molecular formula is C15H20ClN3. The number of aryl methyl sites for hydroxylation is 1. The molecule has 4 heteroatoms. The number of halogens is 1. The summed E-state index contributed by atoms with van der Waals surface area (Å²) >= 11 is 6.07. The maximum Gasteiger partial charge on any atom is 0.0643 e. The van der Waals surface area contributed by atoms with Crippen LogP contribution in [0.1, 0.15) is 42.8 Å². The lowest BCUT2D eigenvalue weighted by Crippen LogP contribution is -2.14. The molecular weight excluding hydrogens is 258 g/mol. The van der Waals surface area contributed by atoms with Gasteiger partial charge in [0.1, 0.15) is 0 Å². The third-order valence-electron chi connectivity index (χ3n) is 3.11. The van der Waals surface area contributed by atoms with E-state index in [0.717, 1.165) is 28.3 Å². The third kappa shape index (κ3) is 3.58. The molecule has 0 saturated carbocycles. The van der Waals surface area contributed by atoms with Gasteiger partial charge < -0.3 is 5.73 Å². The highest BCUT2D eigenvalue weighted by Gasteiger charge is 2.11. The van der Waals surface area contributed by atoms with E-state index in [1.807, 2.05) is 36.0 Å². The lowest BCUT2D eigenvalue weighted by molar-refractivity contribution is 0.522. The fraction of sp³-hybridized carbons (Fsp3) is 0.400. The zero-order valence-corrected chi connectivity index (χ0v) is 12.4. The molecule has 0 spiro atoms. The molecule has 0 aliphatic carbocycles. The maximum atomic E-state index is 6.24. The lowest BCUT2D eigenvalue weighted by Gasteiger charge is -2.12. The van der Waals surface area contributed by atoms with Crippen LogP contribution in [0.25, 0.3) is 0 Å². The van der Waals surface area contributed by atoms with Gasteiger partial charge in [0.2, 0.25) is 0 Å². The highest BCUT2D eigenvalue weighted by atomic mass is 35.5. The molecule has 1 unspecified atom stereocenters. The number of nitrogens with two attached hydrogens (primary N) is 1. The van der Waals surface area contributed by atoms with E-state index in [4.69, 9.17) is 17.3 Å². The minimum Gasteiger partial charge on any atom is -0.324 e. The van der Waals surface area contributed by atoms with E-state index >= 15 is 0 Å². The van der Waals surface area contributed by atoms with Crippen LogP contribution >= 0.6 is 11.6 Å². The fourth-order valence-electron chi connectivity index (χ4n) is 2.10. The van der Waals surface area contributed by atoms with Crippen LogP contribution in [0.2, 0.25) is 5.02 Å². The largest absolute Gasteiger partial charge is 0.324 e. The summed E-state index contributed by atoms with van der Waals surface area (Å²) in [7, 11) is 0. The van der Waals surface area contributed by atoms with Crippen LogP contribution in [0.15, 0.2) is 30.5 Å². The molecule has 1 heterocycles. The van der Waals surface area contributed by atoms with Crippen molar-refractivity contribution in [2.75, 3.05) is 0 Å². The monoisotopic (exact) mass is 277 g/mol. The lowest BCUT2D eigenvalue weighted by atomic mass is 10.0. The van der Waals surface area contributed by atoms with Gasteiger partial charge in [-0.15, -0.1) is 0 Å². The average molecular weight is 278 g/mol. The third-order valence-corrected chi connectivity index (χ3v) is 3.33. The Morgan fingerprint density at radius 2 is 2.05 bits per heavy atom. The van der Waals surface area contributed by atoms with Crippen LogP contribution in [-0.4, -0.2) is 9.78 Å². The molecule has 102 valence electrons. The predicted octanol–water partition coefficient (Wildman–Crippen LogP) is 3.67. The minimum atomic E-state index is -0.0760. The molecule has 2 N–H and O–H groups in total. The molecule has 19 heavy (non-hydrogen) atoms. The summed E-state index contributed by atoms with van der Waals surface area (Å²) in [5.74, 6) is 0. The first-order chi connectivity index (χ1) is 8.95. The Kier molecular flexibility index (Phi) is 4.27. The highest BCUT2D eigenvalue weighted by Crippen LogP contribution is 2.21. The topological polar surface area (TPSA) is 43.8 Å². The van der Waals surface area contributed by atoms with Gasteiger partial charge in [-0.25, -0.2) is 0 Å². The Morgan fingerprint density at radius 1 is 1.32 bits per heavy atom. The second kappa shape index (κ2) is 5.76. The summed E-state index contributed by atoms with van der Waals surface area (Å²) in [5.41, 5.74) is 9.44. The Morgan fingerprint density at radius 3 is 2.63 bits per heavy atom. The van der Waals surface area contributed by atoms with Crippen molar-refractivity contribution in [1.29, 1.82) is 0 Å². The maximum absolute atomic E-state index is 6.24. The van der Waals surface area contributed by atoms with E-state index in [0.29, 0.717) is 6.04 Å². The summed E-state index contributed by atoms with van der Waals surface area (Å²) in [6.45, 7) is 6.24. The fourth-order valence-corrected chi connectivity index (χ4v) is 2.39. The summed E-state index contributed by atoms with van der Waals surface area (Å²) in [6, 6.07) is 8.27. The summed E-state index contributed by atoms with van der Waals surface area (Å²) < 4.78 is 1.95. The van der Waals surface area contributed by atoms with Crippen molar-refractivity contribution in [3.63, 3.8) is 0 Å². The standard InChI is InChI=1S/C15H20ClN3/c1-10(2)19-5-4-14(18-19)9-15(17)12-6-11(3)7-13(16)8-12/h4-8,10,15H,9,17H2,1-3H3. The van der Waals surface area contributed by atoms with E-state index in [1.54, 1.807) is 0 Å². The second-order valence-electron chi connectivity index (χ2n) is 5.25. The molecule has 0 amide bonds. The second-order valence-corrected chi connectivity index (χ2v) is 5.69. The van der Waals surface area contributed by atoms with Crippen molar-refractivity contribution in [3.8, 4) is 0 Å². The number of aromatic nitrogens is 2. The van der Waals surface area contributed by atoms with Crippen LogP contribution in [-0.2, 0) is 6.42 Å². The van der Waals surface area contributed by atoms with Crippen molar-refractivity contribution >= 4 is 11.6 Å². The van der Waals surface area contributed by atoms with Crippen molar-refractivity contribution in [1.82, 2.24) is 9.78 Å². The van der Waals surface area contributed by atoms with Crippen LogP contribution in [0.3, 0.4) is 0 Å². The molecule has 0 aliphatic rings. The van der Waals surface area contributed by atoms with E-state index in [-0.39, 0.29) is 6.04 Å². The Balaban J connectivity index is 2.13. The first-order valence-electron chi connectivity index (χ1n) is 6.52. The Bertz CT molecular complexity index is 540. The number of hydrogen-bond donors (Lipinski definition) is 1. The first-order valence-corrected chi connectivity index (χ1v) is 6.90. The predicted molar refractivity (Wildman–Crippen MR) is 79.4 cm³/mol. The van der Waals surface area contributed by atoms with Crippen molar-refractivity contribution in [2.24, 2.45) is 5.73 Å². The Hall–Kier alpha value is -1.32. The van der Waals surface area contributed by atoms with E-state index in [1.165, 1.54) is 0 Å². The van der Waals surface area contributed by atoms with Gasteiger partial charge in [-0.2, -0.15) is 5.10 Å². The van der Waals surface area contributed by atoms with Gasteiger partial charge in [0.25, 0.3) is 0 Å². The van der Waals surface area contributed by atoms with Gasteiger partial charge in [-0.3, -0.25) is 4.68 Å².